The van der Waals surface area contributed by atoms with Crippen LogP contribution in [0.5, 0.6) is 0 Å². The highest BCUT2D eigenvalue weighted by molar-refractivity contribution is 7.15. The van der Waals surface area contributed by atoms with Gasteiger partial charge in [-0.25, -0.2) is 0 Å². The number of nitrogens with zero attached hydrogens (tertiary/aromatic N) is 2. The lowest BCUT2D eigenvalue weighted by Gasteiger charge is -2.06. The molecule has 1 atom stereocenters. The van der Waals surface area contributed by atoms with Crippen molar-refractivity contribution in [2.24, 2.45) is 5.92 Å². The molecule has 2 N–H and O–H groups in total. The number of nitrogens with one attached hydrogen (secondary N) is 2. The number of halogens is 3. The first-order valence-corrected chi connectivity index (χ1v) is 6.68. The van der Waals surface area contributed by atoms with Gasteiger partial charge in [0.15, 0.2) is 0 Å². The van der Waals surface area contributed by atoms with Crippen LogP contribution in [-0.4, -0.2) is 29.2 Å². The Labute approximate surface area is 111 Å². The number of alkyl halides is 3. The van der Waals surface area contributed by atoms with Crippen molar-refractivity contribution in [3.05, 3.63) is 5.01 Å². The summed E-state index contributed by atoms with van der Waals surface area (Å²) in [5.41, 5.74) is 0. The van der Waals surface area contributed by atoms with E-state index in [1.807, 2.05) is 0 Å². The Morgan fingerprint density at radius 1 is 1.47 bits per heavy atom. The van der Waals surface area contributed by atoms with Gasteiger partial charge in [-0.05, 0) is 31.8 Å². The van der Waals surface area contributed by atoms with E-state index in [-0.39, 0.29) is 17.5 Å². The van der Waals surface area contributed by atoms with E-state index in [1.54, 1.807) is 0 Å². The summed E-state index contributed by atoms with van der Waals surface area (Å²) in [4.78, 5) is 11.6. The SMILES string of the molecule is O=C(CCC1CCNC1)Nc1nnc(C(F)(F)F)s1. The molecule has 5 nitrogen and oxygen atoms in total. The van der Waals surface area contributed by atoms with Crippen LogP contribution in [0.25, 0.3) is 0 Å². The fourth-order valence-electron chi connectivity index (χ4n) is 1.87. The Hall–Kier alpha value is -1.22. The number of aromatic nitrogens is 2. The molecule has 2 heterocycles. The second kappa shape index (κ2) is 5.83. The van der Waals surface area contributed by atoms with E-state index >= 15 is 0 Å². The van der Waals surface area contributed by atoms with Crippen LogP contribution in [0.1, 0.15) is 24.3 Å². The Bertz CT molecular complexity index is 442. The summed E-state index contributed by atoms with van der Waals surface area (Å²) in [5, 5.41) is 10.7. The van der Waals surface area contributed by atoms with Gasteiger partial charge in [0.1, 0.15) is 0 Å². The Morgan fingerprint density at radius 2 is 2.26 bits per heavy atom. The number of anilines is 1. The summed E-state index contributed by atoms with van der Waals surface area (Å²) in [5.74, 6) is 0.141. The molecular weight excluding hydrogens is 281 g/mol. The molecule has 9 heteroatoms. The summed E-state index contributed by atoms with van der Waals surface area (Å²) < 4.78 is 36.8. The van der Waals surface area contributed by atoms with Crippen molar-refractivity contribution in [2.75, 3.05) is 18.4 Å². The van der Waals surface area contributed by atoms with E-state index < -0.39 is 11.2 Å². The monoisotopic (exact) mass is 294 g/mol. The Morgan fingerprint density at radius 3 is 2.84 bits per heavy atom. The molecule has 19 heavy (non-hydrogen) atoms. The van der Waals surface area contributed by atoms with Crippen molar-refractivity contribution >= 4 is 22.4 Å². The zero-order valence-corrected chi connectivity index (χ0v) is 10.8. The first kappa shape index (κ1) is 14.2. The third-order valence-corrected chi connectivity index (χ3v) is 3.74. The molecule has 1 unspecified atom stereocenters. The number of hydrogen-bond acceptors (Lipinski definition) is 5. The molecule has 1 aliphatic rings. The smallest absolute Gasteiger partial charge is 0.316 e. The zero-order valence-electron chi connectivity index (χ0n) is 9.96. The topological polar surface area (TPSA) is 66.9 Å². The van der Waals surface area contributed by atoms with Crippen LogP contribution in [0.15, 0.2) is 0 Å². The van der Waals surface area contributed by atoms with Crippen molar-refractivity contribution in [2.45, 2.75) is 25.4 Å². The van der Waals surface area contributed by atoms with Gasteiger partial charge in [0.25, 0.3) is 0 Å². The molecule has 2 rings (SSSR count). The third kappa shape index (κ3) is 4.13. The van der Waals surface area contributed by atoms with Crippen molar-refractivity contribution in [3.8, 4) is 0 Å². The minimum absolute atomic E-state index is 0.109. The third-order valence-electron chi connectivity index (χ3n) is 2.86. The average molecular weight is 294 g/mol. The van der Waals surface area contributed by atoms with Gasteiger partial charge < -0.3 is 10.6 Å². The molecule has 1 aromatic heterocycles. The van der Waals surface area contributed by atoms with Gasteiger partial charge in [-0.3, -0.25) is 4.79 Å². The second-order valence-corrected chi connectivity index (χ2v) is 5.33. The summed E-state index contributed by atoms with van der Waals surface area (Å²) in [6.07, 6.45) is -2.47. The maximum Gasteiger partial charge on any atom is 0.445 e. The molecule has 106 valence electrons. The molecule has 0 bridgehead atoms. The minimum atomic E-state index is -4.52. The second-order valence-electron chi connectivity index (χ2n) is 4.36. The first-order valence-electron chi connectivity index (χ1n) is 5.86. The number of carbonyl (C=O) groups excluding carboxylic acids is 1. The Balaban J connectivity index is 1.80. The molecule has 1 fully saturated rings. The molecule has 1 aliphatic heterocycles. The number of carbonyl (C=O) groups is 1. The van der Waals surface area contributed by atoms with Crippen LogP contribution < -0.4 is 10.6 Å². The molecule has 0 saturated carbocycles. The molecule has 0 aliphatic carbocycles. The number of amides is 1. The van der Waals surface area contributed by atoms with Crippen LogP contribution in [0.2, 0.25) is 0 Å². The molecule has 1 saturated heterocycles. The van der Waals surface area contributed by atoms with Crippen LogP contribution in [0, 0.1) is 5.92 Å². The molecule has 0 spiro atoms. The largest absolute Gasteiger partial charge is 0.445 e. The summed E-state index contributed by atoms with van der Waals surface area (Å²) in [7, 11) is 0. The first-order chi connectivity index (χ1) is 8.95. The van der Waals surface area contributed by atoms with Gasteiger partial charge >= 0.3 is 6.18 Å². The summed E-state index contributed by atoms with van der Waals surface area (Å²) in [6.45, 7) is 1.85. The predicted molar refractivity (Wildman–Crippen MR) is 63.8 cm³/mol. The highest BCUT2D eigenvalue weighted by Crippen LogP contribution is 2.33. The quantitative estimate of drug-likeness (QED) is 0.890. The Kier molecular flexibility index (Phi) is 4.35. The van der Waals surface area contributed by atoms with E-state index in [4.69, 9.17) is 0 Å². The molecule has 1 aromatic rings. The van der Waals surface area contributed by atoms with Gasteiger partial charge in [-0.1, -0.05) is 11.3 Å². The molecule has 0 radical (unpaired) electrons. The fourth-order valence-corrected chi connectivity index (χ4v) is 2.49. The van der Waals surface area contributed by atoms with Gasteiger partial charge in [0.2, 0.25) is 16.0 Å². The van der Waals surface area contributed by atoms with E-state index in [1.165, 1.54) is 0 Å². The van der Waals surface area contributed by atoms with E-state index in [9.17, 15) is 18.0 Å². The van der Waals surface area contributed by atoms with Crippen molar-refractivity contribution in [3.63, 3.8) is 0 Å². The molecular formula is C10H13F3N4OS. The highest BCUT2D eigenvalue weighted by atomic mass is 32.1. The predicted octanol–water partition coefficient (Wildman–Crippen LogP) is 1.89. The van der Waals surface area contributed by atoms with Gasteiger partial charge in [-0.2, -0.15) is 13.2 Å². The van der Waals surface area contributed by atoms with Gasteiger partial charge in [0.05, 0.1) is 0 Å². The normalized spacial score (nSPS) is 19.6. The van der Waals surface area contributed by atoms with E-state index in [0.717, 1.165) is 25.9 Å². The van der Waals surface area contributed by atoms with Crippen molar-refractivity contribution < 1.29 is 18.0 Å². The lowest BCUT2D eigenvalue weighted by molar-refractivity contribution is -0.138. The van der Waals surface area contributed by atoms with Crippen LogP contribution in [-0.2, 0) is 11.0 Å². The fraction of sp³-hybridized carbons (Fsp3) is 0.700. The maximum absolute atomic E-state index is 12.3. The standard InChI is InChI=1S/C10H13F3N4OS/c11-10(12,13)8-16-17-9(19-8)15-7(18)2-1-6-3-4-14-5-6/h6,14H,1-5H2,(H,15,17,18). The lowest BCUT2D eigenvalue weighted by atomic mass is 10.0. The van der Waals surface area contributed by atoms with Gasteiger partial charge in [-0.15, -0.1) is 10.2 Å². The van der Waals surface area contributed by atoms with Crippen molar-refractivity contribution in [1.82, 2.24) is 15.5 Å². The maximum atomic E-state index is 12.3. The number of hydrogen-bond donors (Lipinski definition) is 2. The van der Waals surface area contributed by atoms with Crippen LogP contribution in [0.3, 0.4) is 0 Å². The van der Waals surface area contributed by atoms with Gasteiger partial charge in [0, 0.05) is 6.42 Å². The van der Waals surface area contributed by atoms with Crippen molar-refractivity contribution in [1.29, 1.82) is 0 Å². The van der Waals surface area contributed by atoms with E-state index in [0.29, 0.717) is 17.3 Å². The molecule has 0 aromatic carbocycles. The van der Waals surface area contributed by atoms with Crippen LogP contribution >= 0.6 is 11.3 Å². The highest BCUT2D eigenvalue weighted by Gasteiger charge is 2.35. The molecule has 1 amide bonds. The number of rotatable bonds is 4. The summed E-state index contributed by atoms with van der Waals surface area (Å²) in [6, 6.07) is 0. The zero-order chi connectivity index (χ0) is 13.9. The lowest BCUT2D eigenvalue weighted by Crippen LogP contribution is -2.14. The van der Waals surface area contributed by atoms with E-state index in [2.05, 4.69) is 20.8 Å². The minimum Gasteiger partial charge on any atom is -0.316 e. The summed E-state index contributed by atoms with van der Waals surface area (Å²) >= 11 is 0.335. The van der Waals surface area contributed by atoms with Crippen LogP contribution in [0.4, 0.5) is 18.3 Å². The average Bonchev–Trinajstić information content (AvgIpc) is 2.95.